The minimum atomic E-state index is 0.263. The van der Waals surface area contributed by atoms with Gasteiger partial charge < -0.3 is 5.32 Å². The van der Waals surface area contributed by atoms with Crippen molar-refractivity contribution in [3.8, 4) is 0 Å². The number of likely N-dealkylation sites (tertiary alicyclic amines) is 1. The molecule has 1 atom stereocenters. The van der Waals surface area contributed by atoms with Gasteiger partial charge in [0.05, 0.1) is 6.54 Å². The van der Waals surface area contributed by atoms with Crippen molar-refractivity contribution in [2.75, 3.05) is 13.1 Å². The summed E-state index contributed by atoms with van der Waals surface area (Å²) in [6.45, 7) is 1.66. The van der Waals surface area contributed by atoms with Crippen LogP contribution in [0.1, 0.15) is 50.5 Å². The van der Waals surface area contributed by atoms with E-state index in [4.69, 9.17) is 0 Å². The lowest BCUT2D eigenvalue weighted by Crippen LogP contribution is -2.49. The molecule has 4 rings (SSSR count). The molecule has 0 spiro atoms. The molecule has 2 aliphatic carbocycles. The van der Waals surface area contributed by atoms with E-state index in [2.05, 4.69) is 40.5 Å². The topological polar surface area (TPSA) is 32.3 Å². The Morgan fingerprint density at radius 1 is 1.04 bits per heavy atom. The molecular weight excluding hydrogens is 296 g/mol. The largest absolute Gasteiger partial charge is 0.352 e. The Balaban J connectivity index is 1.33. The van der Waals surface area contributed by atoms with Gasteiger partial charge in [0.1, 0.15) is 0 Å². The molecule has 3 fully saturated rings. The maximum atomic E-state index is 12.6. The highest BCUT2D eigenvalue weighted by molar-refractivity contribution is 5.78. The molecule has 24 heavy (non-hydrogen) atoms. The number of rotatable bonds is 7. The van der Waals surface area contributed by atoms with Crippen LogP contribution in [-0.4, -0.2) is 36.0 Å². The molecule has 0 radical (unpaired) electrons. The van der Waals surface area contributed by atoms with Crippen molar-refractivity contribution in [2.24, 2.45) is 11.8 Å². The van der Waals surface area contributed by atoms with E-state index in [-0.39, 0.29) is 5.91 Å². The zero-order valence-corrected chi connectivity index (χ0v) is 14.6. The highest BCUT2D eigenvalue weighted by Gasteiger charge is 2.42. The number of nitrogens with one attached hydrogen (secondary N) is 1. The van der Waals surface area contributed by atoms with Crippen molar-refractivity contribution in [2.45, 2.75) is 63.5 Å². The predicted octanol–water partition coefficient (Wildman–Crippen LogP) is 3.39. The van der Waals surface area contributed by atoms with Gasteiger partial charge in [0.15, 0.2) is 0 Å². The van der Waals surface area contributed by atoms with Crippen LogP contribution in [0.5, 0.6) is 0 Å². The van der Waals surface area contributed by atoms with E-state index < -0.39 is 0 Å². The summed E-state index contributed by atoms with van der Waals surface area (Å²) in [6, 6.07) is 11.7. The molecule has 0 bridgehead atoms. The van der Waals surface area contributed by atoms with Crippen molar-refractivity contribution < 1.29 is 4.79 Å². The fourth-order valence-corrected chi connectivity index (χ4v) is 4.33. The average Bonchev–Trinajstić information content (AvgIpc) is 3.49. The van der Waals surface area contributed by atoms with Gasteiger partial charge in [-0.05, 0) is 68.9 Å². The summed E-state index contributed by atoms with van der Waals surface area (Å²) in [6.07, 6.45) is 10.1. The molecule has 3 nitrogen and oxygen atoms in total. The van der Waals surface area contributed by atoms with Gasteiger partial charge in [-0.25, -0.2) is 0 Å². The van der Waals surface area contributed by atoms with Crippen molar-refractivity contribution in [3.63, 3.8) is 0 Å². The fourth-order valence-electron chi connectivity index (χ4n) is 4.33. The first-order valence-electron chi connectivity index (χ1n) is 9.87. The van der Waals surface area contributed by atoms with Crippen LogP contribution in [0.4, 0.5) is 0 Å². The number of hydrogen-bond donors (Lipinski definition) is 1. The second kappa shape index (κ2) is 7.26. The van der Waals surface area contributed by atoms with E-state index in [1.165, 1.54) is 50.5 Å². The van der Waals surface area contributed by atoms with Crippen LogP contribution in [0, 0.1) is 11.8 Å². The highest BCUT2D eigenvalue weighted by Crippen LogP contribution is 2.44. The zero-order valence-electron chi connectivity index (χ0n) is 14.6. The fraction of sp³-hybridized carbons (Fsp3) is 0.667. The average molecular weight is 326 g/mol. The van der Waals surface area contributed by atoms with E-state index >= 15 is 0 Å². The van der Waals surface area contributed by atoms with Crippen LogP contribution in [0.25, 0.3) is 0 Å². The summed E-state index contributed by atoms with van der Waals surface area (Å²) in [5, 5.41) is 3.39. The van der Waals surface area contributed by atoms with E-state index in [0.29, 0.717) is 18.6 Å². The predicted molar refractivity (Wildman–Crippen MR) is 96.7 cm³/mol. The third-order valence-electron chi connectivity index (χ3n) is 6.00. The lowest BCUT2D eigenvalue weighted by molar-refractivity contribution is -0.124. The summed E-state index contributed by atoms with van der Waals surface area (Å²) >= 11 is 0. The Morgan fingerprint density at radius 3 is 2.42 bits per heavy atom. The maximum absolute atomic E-state index is 12.6. The summed E-state index contributed by atoms with van der Waals surface area (Å²) in [7, 11) is 0. The second-order valence-corrected chi connectivity index (χ2v) is 8.08. The van der Waals surface area contributed by atoms with Gasteiger partial charge in [-0.3, -0.25) is 9.69 Å². The number of carbonyl (C=O) groups excluding carboxylic acids is 1. The molecule has 3 heteroatoms. The SMILES string of the molecule is O=C(CN1CCCCC1Cc1ccccc1)NC(C1CC1)C1CC1. The third-order valence-corrected chi connectivity index (χ3v) is 6.00. The number of amides is 1. The van der Waals surface area contributed by atoms with Crippen LogP contribution < -0.4 is 5.32 Å². The summed E-state index contributed by atoms with van der Waals surface area (Å²) in [5.74, 6) is 1.82. The van der Waals surface area contributed by atoms with Gasteiger partial charge in [0, 0.05) is 12.1 Å². The normalized spacial score (nSPS) is 25.0. The number of carbonyl (C=O) groups is 1. The molecule has 1 aromatic carbocycles. The molecule has 1 saturated heterocycles. The van der Waals surface area contributed by atoms with Gasteiger partial charge in [0.2, 0.25) is 5.91 Å². The van der Waals surface area contributed by atoms with Gasteiger partial charge in [-0.15, -0.1) is 0 Å². The zero-order chi connectivity index (χ0) is 16.4. The Labute approximate surface area is 145 Å². The van der Waals surface area contributed by atoms with Crippen molar-refractivity contribution in [1.82, 2.24) is 10.2 Å². The molecular formula is C21H30N2O. The van der Waals surface area contributed by atoms with Gasteiger partial charge in [-0.2, -0.15) is 0 Å². The molecule has 3 aliphatic rings. The van der Waals surface area contributed by atoms with Gasteiger partial charge >= 0.3 is 0 Å². The monoisotopic (exact) mass is 326 g/mol. The minimum Gasteiger partial charge on any atom is -0.352 e. The second-order valence-electron chi connectivity index (χ2n) is 8.08. The van der Waals surface area contributed by atoms with Crippen LogP contribution in [0.3, 0.4) is 0 Å². The quantitative estimate of drug-likeness (QED) is 0.833. The molecule has 130 valence electrons. The molecule has 1 N–H and O–H groups in total. The first-order valence-corrected chi connectivity index (χ1v) is 9.87. The number of benzene rings is 1. The van der Waals surface area contributed by atoms with Crippen LogP contribution in [0.15, 0.2) is 30.3 Å². The number of piperidine rings is 1. The number of nitrogens with zero attached hydrogens (tertiary/aromatic N) is 1. The van der Waals surface area contributed by atoms with Crippen LogP contribution in [0.2, 0.25) is 0 Å². The standard InChI is InChI=1S/C21H30N2O/c24-20(22-21(17-9-10-17)18-11-12-18)15-23-13-5-4-8-19(23)14-16-6-2-1-3-7-16/h1-3,6-7,17-19,21H,4-5,8-15H2,(H,22,24). The molecule has 1 heterocycles. The van der Waals surface area contributed by atoms with E-state index in [9.17, 15) is 4.79 Å². The maximum Gasteiger partial charge on any atom is 0.234 e. The lowest BCUT2D eigenvalue weighted by atomic mass is 9.95. The van der Waals surface area contributed by atoms with Crippen LogP contribution in [-0.2, 0) is 11.2 Å². The molecule has 0 aromatic heterocycles. The lowest BCUT2D eigenvalue weighted by Gasteiger charge is -2.35. The Bertz CT molecular complexity index is 538. The smallest absolute Gasteiger partial charge is 0.234 e. The highest BCUT2D eigenvalue weighted by atomic mass is 16.2. The summed E-state index contributed by atoms with van der Waals surface area (Å²) in [5.41, 5.74) is 1.39. The Kier molecular flexibility index (Phi) is 4.88. The van der Waals surface area contributed by atoms with E-state index in [0.717, 1.165) is 24.8 Å². The van der Waals surface area contributed by atoms with E-state index in [1.807, 2.05) is 0 Å². The molecule has 1 unspecified atom stereocenters. The van der Waals surface area contributed by atoms with Crippen LogP contribution >= 0.6 is 0 Å². The van der Waals surface area contributed by atoms with Crippen molar-refractivity contribution in [3.05, 3.63) is 35.9 Å². The van der Waals surface area contributed by atoms with Gasteiger partial charge in [0.25, 0.3) is 0 Å². The summed E-state index contributed by atoms with van der Waals surface area (Å²) in [4.78, 5) is 15.1. The van der Waals surface area contributed by atoms with E-state index in [1.54, 1.807) is 0 Å². The first kappa shape index (κ1) is 16.1. The Morgan fingerprint density at radius 2 is 1.75 bits per heavy atom. The molecule has 1 amide bonds. The molecule has 2 saturated carbocycles. The molecule has 1 aromatic rings. The number of hydrogen-bond acceptors (Lipinski definition) is 2. The first-order chi connectivity index (χ1) is 11.8. The summed E-state index contributed by atoms with van der Waals surface area (Å²) < 4.78 is 0. The Hall–Kier alpha value is -1.35. The van der Waals surface area contributed by atoms with Crippen molar-refractivity contribution in [1.29, 1.82) is 0 Å². The molecule has 1 aliphatic heterocycles. The van der Waals surface area contributed by atoms with Gasteiger partial charge in [-0.1, -0.05) is 36.8 Å². The minimum absolute atomic E-state index is 0.263. The third kappa shape index (κ3) is 4.18. The van der Waals surface area contributed by atoms with Crippen molar-refractivity contribution >= 4 is 5.91 Å².